The highest BCUT2D eigenvalue weighted by molar-refractivity contribution is 6.35. The van der Waals surface area contributed by atoms with Gasteiger partial charge in [-0.25, -0.2) is 4.79 Å². The number of ether oxygens (including phenoxy) is 3. The Kier molecular flexibility index (Phi) is 5.09. The number of carbonyl (C=O) groups excluding carboxylic acids is 2. The molecular weight excluding hydrogens is 332 g/mol. The van der Waals surface area contributed by atoms with Gasteiger partial charge >= 0.3 is 6.16 Å². The summed E-state index contributed by atoms with van der Waals surface area (Å²) in [4.78, 5) is 24.2. The lowest BCUT2D eigenvalue weighted by Gasteiger charge is -2.37. The highest BCUT2D eigenvalue weighted by atomic mass is 35.5. The van der Waals surface area contributed by atoms with E-state index in [1.165, 1.54) is 6.26 Å². The number of allylic oxidation sites excluding steroid dienone is 1. The molecule has 3 unspecified atom stereocenters. The van der Waals surface area contributed by atoms with Crippen LogP contribution in [-0.2, 0) is 19.0 Å². The zero-order valence-corrected chi connectivity index (χ0v) is 14.1. The molecule has 3 atom stereocenters. The van der Waals surface area contributed by atoms with Gasteiger partial charge in [-0.15, -0.1) is 0 Å². The van der Waals surface area contributed by atoms with Crippen LogP contribution in [0.25, 0.3) is 5.57 Å². The number of fused-ring (bicyclic) bond motifs is 1. The maximum Gasteiger partial charge on any atom is 0.508 e. The Morgan fingerprint density at radius 2 is 2.12 bits per heavy atom. The molecule has 1 heterocycles. The molecule has 0 spiro atoms. The topological polar surface area (TPSA) is 61.8 Å². The normalized spacial score (nSPS) is 26.0. The van der Waals surface area contributed by atoms with E-state index >= 15 is 0 Å². The fourth-order valence-corrected chi connectivity index (χ4v) is 3.46. The van der Waals surface area contributed by atoms with Gasteiger partial charge in [-0.05, 0) is 25.8 Å². The van der Waals surface area contributed by atoms with Crippen molar-refractivity contribution in [2.45, 2.75) is 38.4 Å². The molecule has 0 aromatic heterocycles. The van der Waals surface area contributed by atoms with Gasteiger partial charge in [0.1, 0.15) is 12.2 Å². The standard InChI is InChI=1S/C18H19ClO5/c1-2-22-18(21)24-11-7-8-13-16(9-11)23-10-14(17(13)20)12-5-3-4-6-15(12)19/h3-6,10-11,13,16H,2,7-9H2,1H3. The van der Waals surface area contributed by atoms with Crippen molar-refractivity contribution in [2.75, 3.05) is 6.61 Å². The average molecular weight is 351 g/mol. The van der Waals surface area contributed by atoms with Crippen molar-refractivity contribution < 1.29 is 23.8 Å². The number of Topliss-reactive ketones (excluding diaryl/α,β-unsaturated/α-hetero) is 1. The monoisotopic (exact) mass is 350 g/mol. The molecule has 0 radical (unpaired) electrons. The van der Waals surface area contributed by atoms with Crippen LogP contribution >= 0.6 is 11.6 Å². The SMILES string of the molecule is CCOC(=O)OC1CCC2C(=O)C(c3ccccc3Cl)=COC2C1. The second-order valence-electron chi connectivity index (χ2n) is 5.89. The van der Waals surface area contributed by atoms with Crippen LogP contribution in [0.5, 0.6) is 0 Å². The minimum absolute atomic E-state index is 0.0361. The lowest BCUT2D eigenvalue weighted by Crippen LogP contribution is -2.42. The van der Waals surface area contributed by atoms with Crippen LogP contribution in [0.2, 0.25) is 5.02 Å². The first-order valence-corrected chi connectivity index (χ1v) is 8.46. The van der Waals surface area contributed by atoms with E-state index < -0.39 is 6.16 Å². The van der Waals surface area contributed by atoms with E-state index in [2.05, 4.69) is 0 Å². The van der Waals surface area contributed by atoms with E-state index in [0.29, 0.717) is 35.4 Å². The summed E-state index contributed by atoms with van der Waals surface area (Å²) in [6.45, 7) is 2.00. The van der Waals surface area contributed by atoms with Crippen molar-refractivity contribution in [3.8, 4) is 0 Å². The number of ketones is 1. The van der Waals surface area contributed by atoms with Crippen LogP contribution in [0.4, 0.5) is 4.79 Å². The second kappa shape index (κ2) is 7.26. The molecule has 1 saturated carbocycles. The highest BCUT2D eigenvalue weighted by Crippen LogP contribution is 2.38. The first kappa shape index (κ1) is 16.8. The minimum Gasteiger partial charge on any atom is -0.496 e. The van der Waals surface area contributed by atoms with E-state index in [9.17, 15) is 9.59 Å². The fourth-order valence-electron chi connectivity index (χ4n) is 3.23. The van der Waals surface area contributed by atoms with Gasteiger partial charge in [0.15, 0.2) is 5.78 Å². The summed E-state index contributed by atoms with van der Waals surface area (Å²) in [5.41, 5.74) is 1.19. The molecule has 3 rings (SSSR count). The van der Waals surface area contributed by atoms with Crippen molar-refractivity contribution in [3.63, 3.8) is 0 Å². The predicted octanol–water partition coefficient (Wildman–Crippen LogP) is 3.99. The van der Waals surface area contributed by atoms with Gasteiger partial charge in [-0.1, -0.05) is 29.8 Å². The van der Waals surface area contributed by atoms with Gasteiger partial charge in [0.25, 0.3) is 0 Å². The van der Waals surface area contributed by atoms with Crippen molar-refractivity contribution in [3.05, 3.63) is 41.1 Å². The highest BCUT2D eigenvalue weighted by Gasteiger charge is 2.41. The number of halogens is 1. The Hall–Kier alpha value is -2.01. The summed E-state index contributed by atoms with van der Waals surface area (Å²) in [7, 11) is 0. The molecule has 0 N–H and O–H groups in total. The molecule has 1 aromatic rings. The van der Waals surface area contributed by atoms with E-state index in [0.717, 1.165) is 0 Å². The number of hydrogen-bond acceptors (Lipinski definition) is 5. The number of rotatable bonds is 3. The lowest BCUT2D eigenvalue weighted by molar-refractivity contribution is -0.127. The zero-order chi connectivity index (χ0) is 17.1. The number of carbonyl (C=O) groups is 2. The van der Waals surface area contributed by atoms with E-state index in [4.69, 9.17) is 25.8 Å². The molecule has 2 aliphatic rings. The number of hydrogen-bond donors (Lipinski definition) is 0. The molecule has 0 amide bonds. The summed E-state index contributed by atoms with van der Waals surface area (Å²) >= 11 is 6.19. The van der Waals surface area contributed by atoms with Crippen molar-refractivity contribution >= 4 is 29.1 Å². The summed E-state index contributed by atoms with van der Waals surface area (Å²) in [6, 6.07) is 7.22. The van der Waals surface area contributed by atoms with Gasteiger partial charge < -0.3 is 14.2 Å². The van der Waals surface area contributed by atoms with E-state index in [-0.39, 0.29) is 30.5 Å². The molecular formula is C18H19ClO5. The molecule has 1 aromatic carbocycles. The van der Waals surface area contributed by atoms with Gasteiger partial charge in [0, 0.05) is 17.0 Å². The van der Waals surface area contributed by atoms with Gasteiger partial charge in [0.2, 0.25) is 0 Å². The Balaban J connectivity index is 1.71. The minimum atomic E-state index is -0.671. The molecule has 1 fully saturated rings. The molecule has 128 valence electrons. The summed E-state index contributed by atoms with van der Waals surface area (Å²) < 4.78 is 15.8. The fraction of sp³-hybridized carbons (Fsp3) is 0.444. The van der Waals surface area contributed by atoms with Crippen molar-refractivity contribution in [1.29, 1.82) is 0 Å². The van der Waals surface area contributed by atoms with Crippen LogP contribution < -0.4 is 0 Å². The molecule has 6 heteroatoms. The van der Waals surface area contributed by atoms with Gasteiger partial charge in [-0.3, -0.25) is 4.79 Å². The third-order valence-corrected chi connectivity index (χ3v) is 4.73. The first-order valence-electron chi connectivity index (χ1n) is 8.08. The summed E-state index contributed by atoms with van der Waals surface area (Å²) in [5, 5.41) is 0.526. The summed E-state index contributed by atoms with van der Waals surface area (Å²) in [6.07, 6.45) is 1.96. The Morgan fingerprint density at radius 3 is 2.88 bits per heavy atom. The van der Waals surface area contributed by atoms with Crippen LogP contribution in [-0.4, -0.2) is 30.8 Å². The Labute approximate surface area is 145 Å². The molecule has 0 bridgehead atoms. The molecule has 5 nitrogen and oxygen atoms in total. The van der Waals surface area contributed by atoms with E-state index in [1.807, 2.05) is 18.2 Å². The molecule has 24 heavy (non-hydrogen) atoms. The largest absolute Gasteiger partial charge is 0.508 e. The van der Waals surface area contributed by atoms with Gasteiger partial charge in [0.05, 0.1) is 24.4 Å². The third kappa shape index (κ3) is 3.41. The first-order chi connectivity index (χ1) is 11.6. The van der Waals surface area contributed by atoms with Crippen LogP contribution in [0.1, 0.15) is 31.7 Å². The third-order valence-electron chi connectivity index (χ3n) is 4.40. The van der Waals surface area contributed by atoms with Crippen LogP contribution in [0, 0.1) is 5.92 Å². The quantitative estimate of drug-likeness (QED) is 0.771. The molecule has 1 aliphatic carbocycles. The van der Waals surface area contributed by atoms with E-state index in [1.54, 1.807) is 13.0 Å². The van der Waals surface area contributed by atoms with Crippen LogP contribution in [0.3, 0.4) is 0 Å². The summed E-state index contributed by atoms with van der Waals surface area (Å²) in [5.74, 6) is -0.197. The Bertz CT molecular complexity index is 669. The predicted molar refractivity (Wildman–Crippen MR) is 88.5 cm³/mol. The lowest BCUT2D eigenvalue weighted by atomic mass is 9.78. The Morgan fingerprint density at radius 1 is 1.33 bits per heavy atom. The number of benzene rings is 1. The van der Waals surface area contributed by atoms with Gasteiger partial charge in [-0.2, -0.15) is 0 Å². The smallest absolute Gasteiger partial charge is 0.496 e. The second-order valence-corrected chi connectivity index (χ2v) is 6.30. The molecule has 1 aliphatic heterocycles. The average Bonchev–Trinajstić information content (AvgIpc) is 2.56. The van der Waals surface area contributed by atoms with Crippen molar-refractivity contribution in [2.24, 2.45) is 5.92 Å². The molecule has 0 saturated heterocycles. The maximum absolute atomic E-state index is 12.8. The van der Waals surface area contributed by atoms with Crippen LogP contribution in [0.15, 0.2) is 30.5 Å². The maximum atomic E-state index is 12.8. The van der Waals surface area contributed by atoms with Crippen molar-refractivity contribution in [1.82, 2.24) is 0 Å². The zero-order valence-electron chi connectivity index (χ0n) is 13.4.